The van der Waals surface area contributed by atoms with Gasteiger partial charge in [-0.05, 0) is 80.5 Å². The number of carbonyl (C=O) groups is 5. The van der Waals surface area contributed by atoms with Gasteiger partial charge in [0.2, 0.25) is 11.8 Å². The Labute approximate surface area is 308 Å². The molecule has 1 aromatic heterocycles. The maximum atomic E-state index is 15.3. The number of piperazine rings is 1. The van der Waals surface area contributed by atoms with Crippen LogP contribution in [0.4, 0.5) is 10.2 Å². The molecule has 5 amide bonds. The number of aromatic nitrogens is 2. The highest BCUT2D eigenvalue weighted by Crippen LogP contribution is 2.37. The molecule has 1 saturated carbocycles. The lowest BCUT2D eigenvalue weighted by atomic mass is 9.86. The highest BCUT2D eigenvalue weighted by molar-refractivity contribution is 6.31. The fraction of sp³-hybridized carbons (Fsp3) is 0.405. The van der Waals surface area contributed by atoms with E-state index < -0.39 is 35.5 Å². The minimum Gasteiger partial charge on any atom is -0.490 e. The predicted octanol–water partition coefficient (Wildman–Crippen LogP) is 3.13. The second-order valence-corrected chi connectivity index (χ2v) is 14.6. The number of piperidine rings is 2. The molecule has 2 aromatic carbocycles. The number of hydrogen-bond acceptors (Lipinski definition) is 11. The molecule has 16 heteroatoms. The largest absolute Gasteiger partial charge is 0.490 e. The number of ether oxygens (including phenoxy) is 1. The van der Waals surface area contributed by atoms with Gasteiger partial charge in [0, 0.05) is 50.2 Å². The number of fused-ring (bicyclic) bond motifs is 3. The fourth-order valence-corrected chi connectivity index (χ4v) is 8.30. The number of nitriles is 1. The topological polar surface area (TPSA) is 178 Å². The molecule has 2 bridgehead atoms. The first-order valence-corrected chi connectivity index (χ1v) is 18.0. The molecule has 4 saturated heterocycles. The van der Waals surface area contributed by atoms with Gasteiger partial charge in [0.05, 0.1) is 27.8 Å². The summed E-state index contributed by atoms with van der Waals surface area (Å²) in [6.07, 6.45) is 3.89. The number of nitrogens with one attached hydrogen (secondary N) is 2. The molecule has 0 spiro atoms. The quantitative estimate of drug-likeness (QED) is 0.325. The zero-order chi connectivity index (χ0) is 37.0. The van der Waals surface area contributed by atoms with Crippen LogP contribution in [0.5, 0.6) is 5.75 Å². The van der Waals surface area contributed by atoms with E-state index in [1.807, 2.05) is 6.07 Å². The molecule has 3 aromatic rings. The lowest BCUT2D eigenvalue weighted by Crippen LogP contribution is -2.68. The molecular formula is C37H34ClFN8O6. The lowest BCUT2D eigenvalue weighted by molar-refractivity contribution is -0.136. The molecule has 272 valence electrons. The molecule has 53 heavy (non-hydrogen) atoms. The molecular weight excluding hydrogens is 707 g/mol. The second kappa shape index (κ2) is 13.8. The predicted molar refractivity (Wildman–Crippen MR) is 185 cm³/mol. The van der Waals surface area contributed by atoms with Gasteiger partial charge >= 0.3 is 0 Å². The Morgan fingerprint density at radius 1 is 1.00 bits per heavy atom. The van der Waals surface area contributed by atoms with Crippen molar-refractivity contribution in [3.05, 3.63) is 81.3 Å². The summed E-state index contributed by atoms with van der Waals surface area (Å²) < 4.78 is 21.4. The molecule has 3 atom stereocenters. The van der Waals surface area contributed by atoms with Crippen molar-refractivity contribution in [1.29, 1.82) is 5.26 Å². The number of amides is 5. The third kappa shape index (κ3) is 6.57. The van der Waals surface area contributed by atoms with E-state index >= 15 is 4.39 Å². The fourth-order valence-electron chi connectivity index (χ4n) is 8.09. The summed E-state index contributed by atoms with van der Waals surface area (Å²) in [7, 11) is 0. The number of carbonyl (C=O) groups excluding carboxylic acids is 5. The monoisotopic (exact) mass is 740 g/mol. The van der Waals surface area contributed by atoms with Crippen LogP contribution in [0.15, 0.2) is 42.5 Å². The molecule has 0 radical (unpaired) electrons. The summed E-state index contributed by atoms with van der Waals surface area (Å²) in [6, 6.07) is 12.4. The van der Waals surface area contributed by atoms with E-state index in [0.29, 0.717) is 47.4 Å². The van der Waals surface area contributed by atoms with Crippen molar-refractivity contribution in [1.82, 2.24) is 30.6 Å². The van der Waals surface area contributed by atoms with Crippen LogP contribution in [-0.2, 0) is 16.1 Å². The van der Waals surface area contributed by atoms with Gasteiger partial charge in [0.25, 0.3) is 17.7 Å². The molecule has 6 aliphatic rings. The van der Waals surface area contributed by atoms with Gasteiger partial charge in [-0.2, -0.15) is 5.26 Å². The molecule has 3 unspecified atom stereocenters. The first kappa shape index (κ1) is 34.6. The molecule has 1 aliphatic carbocycles. The molecule has 6 heterocycles. The van der Waals surface area contributed by atoms with E-state index in [0.717, 1.165) is 37.0 Å². The van der Waals surface area contributed by atoms with Gasteiger partial charge in [0.15, 0.2) is 11.5 Å². The maximum absolute atomic E-state index is 15.3. The molecule has 9 rings (SSSR count). The number of benzene rings is 2. The Balaban J connectivity index is 0.830. The molecule has 14 nitrogen and oxygen atoms in total. The smallest absolute Gasteiger partial charge is 0.272 e. The van der Waals surface area contributed by atoms with Crippen LogP contribution in [0.2, 0.25) is 5.02 Å². The minimum absolute atomic E-state index is 0.00384. The summed E-state index contributed by atoms with van der Waals surface area (Å²) in [6.45, 7) is 1.66. The average Bonchev–Trinajstić information content (AvgIpc) is 3.40. The standard InChI is InChI=1S/C37H34ClFN8O6/c38-27-14-25(4-1-20(27)15-40)53-24-5-2-21(3-6-24)41-34(49)29-7-9-31(44-43-29)45-17-22-13-23(18-45)46(22)16-19-11-26-33(28(39)12-19)37(52)47(36(26)51)30-8-10-32(48)42-35(30)50/h1,4,7,9,11-12,14,21-24,30H,2-3,5-6,8,10,13,16-18H2,(H,41,49)(H,42,48,50). The zero-order valence-corrected chi connectivity index (χ0v) is 29.1. The SMILES string of the molecule is N#Cc1ccc(OC2CCC(NC(=O)c3ccc(N4CC5CC(C4)N5Cc4cc(F)c5c(c4)C(=O)N(C4CCC(=O)NC4=O)C5=O)nn3)CC2)cc1Cl. The van der Waals surface area contributed by atoms with E-state index in [2.05, 4.69) is 30.6 Å². The first-order chi connectivity index (χ1) is 25.6. The van der Waals surface area contributed by atoms with E-state index in [1.165, 1.54) is 12.1 Å². The third-order valence-electron chi connectivity index (χ3n) is 10.8. The van der Waals surface area contributed by atoms with E-state index in [-0.39, 0.29) is 59.8 Å². The highest BCUT2D eigenvalue weighted by atomic mass is 35.5. The van der Waals surface area contributed by atoms with Crippen molar-refractivity contribution in [2.45, 2.75) is 81.8 Å². The number of anilines is 1. The normalized spacial score (nSPS) is 25.3. The molecule has 5 aliphatic heterocycles. The summed E-state index contributed by atoms with van der Waals surface area (Å²) in [4.78, 5) is 68.4. The Kier molecular flexibility index (Phi) is 9.03. The van der Waals surface area contributed by atoms with Crippen molar-refractivity contribution < 1.29 is 33.1 Å². The van der Waals surface area contributed by atoms with Crippen LogP contribution in [-0.4, -0.2) is 92.9 Å². The van der Waals surface area contributed by atoms with Gasteiger partial charge in [-0.25, -0.2) is 4.39 Å². The van der Waals surface area contributed by atoms with Gasteiger partial charge in [-0.1, -0.05) is 11.6 Å². The van der Waals surface area contributed by atoms with E-state index in [9.17, 15) is 24.0 Å². The van der Waals surface area contributed by atoms with Gasteiger partial charge in [-0.15, -0.1) is 10.2 Å². The van der Waals surface area contributed by atoms with Gasteiger partial charge < -0.3 is 15.0 Å². The zero-order valence-electron chi connectivity index (χ0n) is 28.4. The number of imide groups is 2. The van der Waals surface area contributed by atoms with Crippen molar-refractivity contribution in [3.63, 3.8) is 0 Å². The van der Waals surface area contributed by atoms with Crippen LogP contribution in [0.3, 0.4) is 0 Å². The summed E-state index contributed by atoms with van der Waals surface area (Å²) in [5.74, 6) is -2.67. The maximum Gasteiger partial charge on any atom is 0.272 e. The highest BCUT2D eigenvalue weighted by Gasteiger charge is 2.48. The van der Waals surface area contributed by atoms with Gasteiger partial charge in [-0.3, -0.25) is 39.1 Å². The molecule has 5 fully saturated rings. The van der Waals surface area contributed by atoms with Crippen molar-refractivity contribution in [2.75, 3.05) is 18.0 Å². The summed E-state index contributed by atoms with van der Waals surface area (Å²) >= 11 is 6.13. The Morgan fingerprint density at radius 3 is 2.45 bits per heavy atom. The second-order valence-electron chi connectivity index (χ2n) is 14.2. The van der Waals surface area contributed by atoms with Crippen molar-refractivity contribution >= 4 is 47.0 Å². The summed E-state index contributed by atoms with van der Waals surface area (Å²) in [5, 5.41) is 23.2. The van der Waals surface area contributed by atoms with Crippen LogP contribution in [0.25, 0.3) is 0 Å². The lowest BCUT2D eigenvalue weighted by Gasteiger charge is -2.56. The number of rotatable bonds is 8. The Bertz CT molecular complexity index is 2070. The first-order valence-electron chi connectivity index (χ1n) is 17.6. The molecule has 2 N–H and O–H groups in total. The summed E-state index contributed by atoms with van der Waals surface area (Å²) in [5.41, 5.74) is 0.744. The Hall–Kier alpha value is -5.46. The number of halogens is 2. The average molecular weight is 741 g/mol. The van der Waals surface area contributed by atoms with E-state index in [4.69, 9.17) is 21.6 Å². The number of nitrogens with zero attached hydrogens (tertiary/aromatic N) is 6. The van der Waals surface area contributed by atoms with Gasteiger partial charge in [0.1, 0.15) is 23.7 Å². The Morgan fingerprint density at radius 2 is 1.77 bits per heavy atom. The van der Waals surface area contributed by atoms with Crippen molar-refractivity contribution in [3.8, 4) is 11.8 Å². The van der Waals surface area contributed by atoms with Crippen molar-refractivity contribution in [2.24, 2.45) is 0 Å². The van der Waals surface area contributed by atoms with Crippen LogP contribution in [0.1, 0.15) is 87.3 Å². The van der Waals surface area contributed by atoms with Crippen LogP contribution >= 0.6 is 11.6 Å². The van der Waals surface area contributed by atoms with Crippen LogP contribution < -0.4 is 20.3 Å². The third-order valence-corrected chi connectivity index (χ3v) is 11.2. The van der Waals surface area contributed by atoms with E-state index in [1.54, 1.807) is 30.3 Å². The minimum atomic E-state index is -1.16. The number of hydrogen-bond donors (Lipinski definition) is 2. The van der Waals surface area contributed by atoms with Crippen LogP contribution in [0, 0.1) is 17.1 Å².